The van der Waals surface area contributed by atoms with E-state index in [0.717, 1.165) is 41.5 Å². The maximum absolute atomic E-state index is 12.5. The summed E-state index contributed by atoms with van der Waals surface area (Å²) in [6, 6.07) is 20.3. The van der Waals surface area contributed by atoms with Gasteiger partial charge in [0.2, 0.25) is 0 Å². The van der Waals surface area contributed by atoms with Crippen molar-refractivity contribution in [2.45, 2.75) is 25.4 Å². The van der Waals surface area contributed by atoms with E-state index in [4.69, 9.17) is 4.74 Å². The van der Waals surface area contributed by atoms with Gasteiger partial charge in [-0.2, -0.15) is 0 Å². The summed E-state index contributed by atoms with van der Waals surface area (Å²) in [6.45, 7) is 2.61. The minimum absolute atomic E-state index is 0.0793. The van der Waals surface area contributed by atoms with Gasteiger partial charge in [0.1, 0.15) is 12.4 Å². The number of ether oxygens (including phenoxy) is 1. The predicted molar refractivity (Wildman–Crippen MR) is 152 cm³/mol. The molecule has 1 amide bonds. The van der Waals surface area contributed by atoms with Crippen LogP contribution in [0.25, 0.3) is 6.08 Å². The molecule has 3 aromatic rings. The second-order valence-corrected chi connectivity index (χ2v) is 11.5. The molecule has 0 aromatic heterocycles. The number of halogens is 3. The molecule has 0 bridgehead atoms. The number of amides is 1. The van der Waals surface area contributed by atoms with Gasteiger partial charge in [0, 0.05) is 10.2 Å². The van der Waals surface area contributed by atoms with Crippen LogP contribution in [0.15, 0.2) is 74.5 Å². The third kappa shape index (κ3) is 6.55. The van der Waals surface area contributed by atoms with Crippen molar-refractivity contribution < 1.29 is 9.53 Å². The van der Waals surface area contributed by atoms with Crippen LogP contribution in [0.2, 0.25) is 0 Å². The van der Waals surface area contributed by atoms with Crippen LogP contribution < -0.4 is 15.4 Å². The van der Waals surface area contributed by atoms with E-state index in [-0.39, 0.29) is 11.4 Å². The maximum Gasteiger partial charge on any atom is 0.260 e. The molecule has 4 nitrogen and oxygen atoms in total. The van der Waals surface area contributed by atoms with Crippen LogP contribution in [0.4, 0.5) is 5.69 Å². The monoisotopic (exact) mass is 698 g/mol. The van der Waals surface area contributed by atoms with Crippen molar-refractivity contribution in [3.8, 4) is 5.75 Å². The van der Waals surface area contributed by atoms with E-state index in [2.05, 4.69) is 84.1 Å². The van der Waals surface area contributed by atoms with Gasteiger partial charge in [-0.1, -0.05) is 58.9 Å². The summed E-state index contributed by atoms with van der Waals surface area (Å²) in [6.07, 6.45) is 2.91. The molecule has 0 spiro atoms. The number of thioether (sulfide) groups is 1. The second-order valence-electron chi connectivity index (χ2n) is 7.40. The molecule has 0 radical (unpaired) electrons. The van der Waals surface area contributed by atoms with Crippen molar-refractivity contribution in [2.24, 2.45) is 0 Å². The van der Waals surface area contributed by atoms with Gasteiger partial charge in [-0.15, -0.1) is 0 Å². The molecular weight excluding hydrogens is 679 g/mol. The average molecular weight is 700 g/mol. The molecule has 0 unspecified atom stereocenters. The first-order valence-corrected chi connectivity index (χ1v) is 13.9. The van der Waals surface area contributed by atoms with E-state index >= 15 is 0 Å². The lowest BCUT2D eigenvalue weighted by molar-refractivity contribution is -0.116. The van der Waals surface area contributed by atoms with Crippen LogP contribution in [-0.2, 0) is 17.8 Å². The fourth-order valence-electron chi connectivity index (χ4n) is 3.24. The molecule has 170 valence electrons. The topological polar surface area (TPSA) is 50.4 Å². The Balaban J connectivity index is 1.43. The Kier molecular flexibility index (Phi) is 8.43. The molecule has 1 aliphatic heterocycles. The molecular formula is C25H21Br2IN2O2S. The fraction of sp³-hybridized carbons (Fsp3) is 0.160. The van der Waals surface area contributed by atoms with Crippen molar-refractivity contribution in [1.82, 2.24) is 5.32 Å². The van der Waals surface area contributed by atoms with E-state index in [1.165, 1.54) is 17.3 Å². The molecule has 1 heterocycles. The van der Waals surface area contributed by atoms with E-state index in [1.54, 1.807) is 0 Å². The number of rotatable bonds is 7. The van der Waals surface area contributed by atoms with Crippen molar-refractivity contribution in [3.05, 3.63) is 94.8 Å². The lowest BCUT2D eigenvalue weighted by Gasteiger charge is -2.13. The largest absolute Gasteiger partial charge is 0.487 e. The quantitative estimate of drug-likeness (QED) is 0.198. The molecule has 33 heavy (non-hydrogen) atoms. The minimum Gasteiger partial charge on any atom is -0.487 e. The Morgan fingerprint density at radius 3 is 2.45 bits per heavy atom. The number of carbonyl (C=O) groups is 1. The number of hydrogen-bond donors (Lipinski definition) is 2. The number of nitrogens with one attached hydrogen (secondary N) is 2. The van der Waals surface area contributed by atoms with Crippen LogP contribution in [0.3, 0.4) is 0 Å². The van der Waals surface area contributed by atoms with E-state index in [0.29, 0.717) is 11.5 Å². The van der Waals surface area contributed by atoms with Crippen molar-refractivity contribution in [2.75, 3.05) is 5.32 Å². The van der Waals surface area contributed by atoms with Crippen molar-refractivity contribution in [1.29, 1.82) is 0 Å². The van der Waals surface area contributed by atoms with Gasteiger partial charge in [-0.25, -0.2) is 0 Å². The SMILES string of the molecule is CCc1ccc(N[C@@H]2NC(=O)/C(=C/c3cc(Br)c(OCc4ccc(Br)cc4)c(I)c3)S2)cc1. The summed E-state index contributed by atoms with van der Waals surface area (Å²) >= 11 is 10.8. The first kappa shape index (κ1) is 24.6. The summed E-state index contributed by atoms with van der Waals surface area (Å²) in [5.74, 6) is 0.712. The molecule has 1 atom stereocenters. The molecule has 0 aliphatic carbocycles. The van der Waals surface area contributed by atoms with Gasteiger partial charge >= 0.3 is 0 Å². The Morgan fingerprint density at radius 2 is 1.79 bits per heavy atom. The van der Waals surface area contributed by atoms with Crippen LogP contribution in [0.1, 0.15) is 23.6 Å². The van der Waals surface area contributed by atoms with Gasteiger partial charge in [-0.3, -0.25) is 4.79 Å². The Hall–Kier alpha value is -1.49. The second kappa shape index (κ2) is 11.3. The third-order valence-corrected chi connectivity index (χ3v) is 7.95. The molecule has 1 saturated heterocycles. The van der Waals surface area contributed by atoms with Crippen molar-refractivity contribution >= 4 is 83.9 Å². The summed E-state index contributed by atoms with van der Waals surface area (Å²) < 4.78 is 8.92. The third-order valence-electron chi connectivity index (χ3n) is 5.01. The highest BCUT2D eigenvalue weighted by Crippen LogP contribution is 2.35. The zero-order valence-corrected chi connectivity index (χ0v) is 23.8. The fourth-order valence-corrected chi connectivity index (χ4v) is 6.26. The van der Waals surface area contributed by atoms with Gasteiger partial charge < -0.3 is 15.4 Å². The van der Waals surface area contributed by atoms with E-state index in [1.807, 2.05) is 54.6 Å². The highest BCUT2D eigenvalue weighted by Gasteiger charge is 2.27. The Bertz CT molecular complexity index is 1160. The molecule has 0 saturated carbocycles. The van der Waals surface area contributed by atoms with Gasteiger partial charge in [-0.05, 0) is 104 Å². The first-order valence-electron chi connectivity index (χ1n) is 10.3. The normalized spacial score (nSPS) is 16.7. The molecule has 4 rings (SSSR count). The summed E-state index contributed by atoms with van der Waals surface area (Å²) in [5, 5.41) is 6.35. The number of anilines is 1. The predicted octanol–water partition coefficient (Wildman–Crippen LogP) is 7.56. The highest BCUT2D eigenvalue weighted by molar-refractivity contribution is 14.1. The summed E-state index contributed by atoms with van der Waals surface area (Å²) in [4.78, 5) is 13.2. The summed E-state index contributed by atoms with van der Waals surface area (Å²) in [5.41, 5.74) is 4.10. The lowest BCUT2D eigenvalue weighted by Crippen LogP contribution is -2.30. The van der Waals surface area contributed by atoms with E-state index in [9.17, 15) is 4.79 Å². The lowest BCUT2D eigenvalue weighted by atomic mass is 10.1. The summed E-state index contributed by atoms with van der Waals surface area (Å²) in [7, 11) is 0. The minimum atomic E-state index is -0.202. The average Bonchev–Trinajstić information content (AvgIpc) is 3.13. The van der Waals surface area contributed by atoms with Gasteiger partial charge in [0.25, 0.3) is 5.91 Å². The number of carbonyl (C=O) groups excluding carboxylic acids is 1. The van der Waals surface area contributed by atoms with Gasteiger partial charge in [0.15, 0.2) is 5.50 Å². The number of benzene rings is 3. The molecule has 1 fully saturated rings. The van der Waals surface area contributed by atoms with Gasteiger partial charge in [0.05, 0.1) is 12.9 Å². The highest BCUT2D eigenvalue weighted by atomic mass is 127. The zero-order chi connectivity index (χ0) is 23.4. The van der Waals surface area contributed by atoms with E-state index < -0.39 is 0 Å². The number of aryl methyl sites for hydroxylation is 1. The van der Waals surface area contributed by atoms with Crippen LogP contribution >= 0.6 is 66.2 Å². The molecule has 8 heteroatoms. The zero-order valence-electron chi connectivity index (χ0n) is 17.7. The number of hydrogen-bond acceptors (Lipinski definition) is 4. The van der Waals surface area contributed by atoms with Crippen molar-refractivity contribution in [3.63, 3.8) is 0 Å². The van der Waals surface area contributed by atoms with Crippen LogP contribution in [0.5, 0.6) is 5.75 Å². The standard InChI is InChI=1S/C25H21Br2IN2O2S/c1-2-15-5-9-19(10-6-15)29-25-30-24(31)22(33-25)13-17-11-20(27)23(21(28)12-17)32-14-16-3-7-18(26)8-4-16/h3-13,25,29H,2,14H2,1H3,(H,30,31)/b22-13-/t25-/m1/s1. The Labute approximate surface area is 228 Å². The molecule has 2 N–H and O–H groups in total. The van der Waals surface area contributed by atoms with Crippen LogP contribution in [0, 0.1) is 3.57 Å². The van der Waals surface area contributed by atoms with Crippen LogP contribution in [-0.4, -0.2) is 11.4 Å². The first-order chi connectivity index (χ1) is 15.9. The molecule has 3 aromatic carbocycles. The smallest absolute Gasteiger partial charge is 0.260 e. The Morgan fingerprint density at radius 1 is 1.09 bits per heavy atom. The molecule has 1 aliphatic rings. The maximum atomic E-state index is 12.5.